The van der Waals surface area contributed by atoms with Gasteiger partial charge in [0.05, 0.1) is 17.9 Å². The van der Waals surface area contributed by atoms with Crippen molar-refractivity contribution in [1.29, 1.82) is 0 Å². The zero-order valence-corrected chi connectivity index (χ0v) is 21.2. The monoisotopic (exact) mass is 489 g/mol. The van der Waals surface area contributed by atoms with Crippen LogP contribution in [-0.2, 0) is 26.0 Å². The molecular weight excluding hydrogens is 457 g/mol. The van der Waals surface area contributed by atoms with E-state index in [2.05, 4.69) is 5.32 Å². The second kappa shape index (κ2) is 10.2. The molecule has 1 aliphatic rings. The Bertz CT molecular complexity index is 1190. The number of hydrogen-bond acceptors (Lipinski definition) is 4. The summed E-state index contributed by atoms with van der Waals surface area (Å²) < 4.78 is 41.6. The van der Waals surface area contributed by atoms with Crippen molar-refractivity contribution in [3.05, 3.63) is 63.5 Å². The van der Waals surface area contributed by atoms with Crippen LogP contribution in [-0.4, -0.2) is 62.2 Å². The first-order chi connectivity index (χ1) is 15.9. The molecule has 1 aliphatic heterocycles. The molecule has 0 aliphatic carbocycles. The molecule has 1 saturated heterocycles. The Hall–Kier alpha value is -2.78. The molecule has 1 fully saturated rings. The summed E-state index contributed by atoms with van der Waals surface area (Å²) in [6, 6.07) is 5.75. The number of halogens is 1. The fraction of sp³-hybridized carbons (Fsp3) is 0.440. The van der Waals surface area contributed by atoms with Crippen molar-refractivity contribution >= 4 is 21.8 Å². The predicted octanol–water partition coefficient (Wildman–Crippen LogP) is 2.56. The summed E-state index contributed by atoms with van der Waals surface area (Å²) in [6.45, 7) is 10.3. The molecule has 7 nitrogen and oxygen atoms in total. The summed E-state index contributed by atoms with van der Waals surface area (Å²) >= 11 is 0. The molecule has 2 aromatic carbocycles. The average molecular weight is 490 g/mol. The molecule has 1 N–H and O–H groups in total. The molecule has 1 heterocycles. The van der Waals surface area contributed by atoms with E-state index >= 15 is 0 Å². The van der Waals surface area contributed by atoms with E-state index in [9.17, 15) is 22.4 Å². The Morgan fingerprint density at radius 2 is 1.47 bits per heavy atom. The molecule has 0 spiro atoms. The molecule has 0 radical (unpaired) electrons. The first-order valence-corrected chi connectivity index (χ1v) is 12.7. The van der Waals surface area contributed by atoms with Gasteiger partial charge in [0.1, 0.15) is 5.82 Å². The zero-order chi connectivity index (χ0) is 25.2. The summed E-state index contributed by atoms with van der Waals surface area (Å²) in [7, 11) is -3.70. The van der Waals surface area contributed by atoms with Gasteiger partial charge in [-0.2, -0.15) is 4.31 Å². The van der Waals surface area contributed by atoms with Gasteiger partial charge in [0.15, 0.2) is 0 Å². The number of amides is 2. The lowest BCUT2D eigenvalue weighted by atomic mass is 9.95. The quantitative estimate of drug-likeness (QED) is 0.676. The van der Waals surface area contributed by atoms with Crippen LogP contribution in [0.15, 0.2) is 29.2 Å². The van der Waals surface area contributed by atoms with Crippen LogP contribution in [0, 0.1) is 40.4 Å². The first-order valence-electron chi connectivity index (χ1n) is 11.3. The number of carbonyl (C=O) groups excluding carboxylic acids is 2. The molecule has 184 valence electrons. The average Bonchev–Trinajstić information content (AvgIpc) is 2.80. The van der Waals surface area contributed by atoms with Crippen LogP contribution in [0.1, 0.15) is 33.4 Å². The van der Waals surface area contributed by atoms with E-state index in [1.54, 1.807) is 11.0 Å². The van der Waals surface area contributed by atoms with Gasteiger partial charge in [-0.3, -0.25) is 9.59 Å². The molecule has 0 atom stereocenters. The van der Waals surface area contributed by atoms with Crippen LogP contribution in [0.2, 0.25) is 0 Å². The summed E-state index contributed by atoms with van der Waals surface area (Å²) in [4.78, 5) is 26.6. The van der Waals surface area contributed by atoms with Crippen molar-refractivity contribution in [2.75, 3.05) is 32.7 Å². The normalized spacial score (nSPS) is 14.8. The topological polar surface area (TPSA) is 86.8 Å². The van der Waals surface area contributed by atoms with Crippen molar-refractivity contribution in [2.24, 2.45) is 0 Å². The molecule has 0 unspecified atom stereocenters. The highest BCUT2D eigenvalue weighted by molar-refractivity contribution is 7.89. The van der Waals surface area contributed by atoms with Gasteiger partial charge in [-0.1, -0.05) is 12.1 Å². The van der Waals surface area contributed by atoms with Gasteiger partial charge in [-0.25, -0.2) is 12.8 Å². The third kappa shape index (κ3) is 5.31. The number of piperazine rings is 1. The third-order valence-electron chi connectivity index (χ3n) is 6.81. The van der Waals surface area contributed by atoms with Gasteiger partial charge in [0, 0.05) is 26.2 Å². The highest BCUT2D eigenvalue weighted by Crippen LogP contribution is 2.31. The first kappa shape index (κ1) is 25.8. The molecule has 34 heavy (non-hydrogen) atoms. The summed E-state index contributed by atoms with van der Waals surface area (Å²) in [5.74, 6) is -1.08. The molecule has 0 saturated carbocycles. The largest absolute Gasteiger partial charge is 0.347 e. The number of carbonyl (C=O) groups is 2. The summed E-state index contributed by atoms with van der Waals surface area (Å²) in [6.07, 6.45) is -0.0227. The standard InChI is InChI=1S/C25H32FN3O4S/c1-16-17(2)19(4)25(20(5)18(16)3)34(32,33)29-11-9-28(10-12-29)24(31)15-27-23(30)14-21-7-6-8-22(26)13-21/h6-8,13H,9-12,14-15H2,1-5H3,(H,27,30). The predicted molar refractivity (Wildman–Crippen MR) is 129 cm³/mol. The lowest BCUT2D eigenvalue weighted by Crippen LogP contribution is -2.52. The van der Waals surface area contributed by atoms with E-state index in [0.717, 1.165) is 27.8 Å². The minimum atomic E-state index is -3.70. The second-order valence-electron chi connectivity index (χ2n) is 8.82. The van der Waals surface area contributed by atoms with Crippen LogP contribution in [0.25, 0.3) is 0 Å². The molecule has 2 aromatic rings. The fourth-order valence-corrected chi connectivity index (χ4v) is 6.32. The second-order valence-corrected chi connectivity index (χ2v) is 10.7. The number of sulfonamides is 1. The van der Waals surface area contributed by atoms with Crippen molar-refractivity contribution < 1.29 is 22.4 Å². The van der Waals surface area contributed by atoms with Crippen molar-refractivity contribution in [2.45, 2.75) is 45.9 Å². The molecule has 0 aromatic heterocycles. The minimum absolute atomic E-state index is 0.0227. The smallest absolute Gasteiger partial charge is 0.243 e. The van der Waals surface area contributed by atoms with E-state index in [1.807, 2.05) is 34.6 Å². The fourth-order valence-electron chi connectivity index (χ4n) is 4.34. The molecular formula is C25H32FN3O4S. The van der Waals surface area contributed by atoms with E-state index in [-0.39, 0.29) is 51.0 Å². The Morgan fingerprint density at radius 3 is 2.03 bits per heavy atom. The molecule has 2 amide bonds. The van der Waals surface area contributed by atoms with Crippen LogP contribution < -0.4 is 5.32 Å². The Morgan fingerprint density at radius 1 is 0.912 bits per heavy atom. The Kier molecular flexibility index (Phi) is 7.77. The number of benzene rings is 2. The summed E-state index contributed by atoms with van der Waals surface area (Å²) in [5.41, 5.74) is 5.11. The van der Waals surface area contributed by atoms with Gasteiger partial charge in [0.2, 0.25) is 21.8 Å². The maximum atomic E-state index is 13.5. The van der Waals surface area contributed by atoms with Gasteiger partial charge in [-0.05, 0) is 80.1 Å². The Labute approximate surface area is 201 Å². The van der Waals surface area contributed by atoms with Crippen LogP contribution in [0.5, 0.6) is 0 Å². The van der Waals surface area contributed by atoms with Crippen molar-refractivity contribution in [1.82, 2.24) is 14.5 Å². The number of nitrogens with zero attached hydrogens (tertiary/aromatic N) is 2. The lowest BCUT2D eigenvalue weighted by Gasteiger charge is -2.35. The minimum Gasteiger partial charge on any atom is -0.347 e. The van der Waals surface area contributed by atoms with Crippen molar-refractivity contribution in [3.8, 4) is 0 Å². The maximum absolute atomic E-state index is 13.5. The van der Waals surface area contributed by atoms with E-state index in [0.29, 0.717) is 10.5 Å². The SMILES string of the molecule is Cc1c(C)c(C)c(S(=O)(=O)N2CCN(C(=O)CNC(=O)Cc3cccc(F)c3)CC2)c(C)c1C. The maximum Gasteiger partial charge on any atom is 0.243 e. The third-order valence-corrected chi connectivity index (χ3v) is 8.98. The number of nitrogens with one attached hydrogen (secondary N) is 1. The lowest BCUT2D eigenvalue weighted by molar-refractivity contribution is -0.133. The van der Waals surface area contributed by atoms with E-state index in [4.69, 9.17) is 0 Å². The summed E-state index contributed by atoms with van der Waals surface area (Å²) in [5, 5.41) is 2.56. The Balaban J connectivity index is 1.59. The highest BCUT2D eigenvalue weighted by atomic mass is 32.2. The van der Waals surface area contributed by atoms with Crippen molar-refractivity contribution in [3.63, 3.8) is 0 Å². The van der Waals surface area contributed by atoms with Gasteiger partial charge < -0.3 is 10.2 Å². The van der Waals surface area contributed by atoms with Crippen LogP contribution in [0.4, 0.5) is 4.39 Å². The molecule has 0 bridgehead atoms. The van der Waals surface area contributed by atoms with Gasteiger partial charge >= 0.3 is 0 Å². The van der Waals surface area contributed by atoms with Crippen LogP contribution >= 0.6 is 0 Å². The van der Waals surface area contributed by atoms with Gasteiger partial charge in [0.25, 0.3) is 0 Å². The van der Waals surface area contributed by atoms with E-state index in [1.165, 1.54) is 22.5 Å². The highest BCUT2D eigenvalue weighted by Gasteiger charge is 2.33. The molecule has 3 rings (SSSR count). The molecule has 9 heteroatoms. The van der Waals surface area contributed by atoms with E-state index < -0.39 is 15.8 Å². The number of hydrogen-bond donors (Lipinski definition) is 1. The number of rotatable bonds is 6. The van der Waals surface area contributed by atoms with Crippen LogP contribution in [0.3, 0.4) is 0 Å². The van der Waals surface area contributed by atoms with Gasteiger partial charge in [-0.15, -0.1) is 0 Å². The zero-order valence-electron chi connectivity index (χ0n) is 20.4.